The molecule has 0 aliphatic heterocycles. The summed E-state index contributed by atoms with van der Waals surface area (Å²) < 4.78 is 0.926. The second kappa shape index (κ2) is 12.1. The van der Waals surface area contributed by atoms with Gasteiger partial charge in [-0.15, -0.1) is 0 Å². The lowest BCUT2D eigenvalue weighted by atomic mass is 9.94. The molecule has 0 saturated carbocycles. The van der Waals surface area contributed by atoms with Crippen molar-refractivity contribution in [2.24, 2.45) is 0 Å². The van der Waals surface area contributed by atoms with Gasteiger partial charge in [0.05, 0.1) is 0 Å². The van der Waals surface area contributed by atoms with E-state index < -0.39 is 0 Å². The van der Waals surface area contributed by atoms with E-state index in [4.69, 9.17) is 0 Å². The molecule has 0 fully saturated rings. The number of halogens is 1. The molecule has 0 aliphatic rings. The highest BCUT2D eigenvalue weighted by molar-refractivity contribution is 9.11. The Morgan fingerprint density at radius 1 is 1.03 bits per heavy atom. The van der Waals surface area contributed by atoms with Gasteiger partial charge in [-0.25, -0.2) is 0 Å². The average Bonchev–Trinajstić information content (AvgIpc) is 2.77. The van der Waals surface area contributed by atoms with Gasteiger partial charge in [0, 0.05) is 28.7 Å². The third-order valence-corrected chi connectivity index (χ3v) is 5.22. The molecule has 0 aliphatic carbocycles. The van der Waals surface area contributed by atoms with Crippen LogP contribution in [0.3, 0.4) is 0 Å². The van der Waals surface area contributed by atoms with Crippen LogP contribution in [0.25, 0.3) is 5.57 Å². The summed E-state index contributed by atoms with van der Waals surface area (Å²) in [4.78, 5) is 15.5. The van der Waals surface area contributed by atoms with Crippen molar-refractivity contribution in [3.8, 4) is 0 Å². The zero-order valence-electron chi connectivity index (χ0n) is 17.6. The molecule has 0 atom stereocenters. The van der Waals surface area contributed by atoms with E-state index in [0.29, 0.717) is 17.7 Å². The van der Waals surface area contributed by atoms with Gasteiger partial charge in [-0.3, -0.25) is 9.69 Å². The topological polar surface area (TPSA) is 20.3 Å². The minimum atomic E-state index is -0.0644. The van der Waals surface area contributed by atoms with E-state index in [1.54, 1.807) is 6.08 Å². The Morgan fingerprint density at radius 2 is 1.63 bits per heavy atom. The molecule has 30 heavy (non-hydrogen) atoms. The fourth-order valence-electron chi connectivity index (χ4n) is 3.01. The van der Waals surface area contributed by atoms with Crippen molar-refractivity contribution in [3.63, 3.8) is 0 Å². The summed E-state index contributed by atoms with van der Waals surface area (Å²) in [6.45, 7) is 11.2. The van der Waals surface area contributed by atoms with Crippen molar-refractivity contribution in [1.82, 2.24) is 4.90 Å². The number of ketones is 1. The quantitative estimate of drug-likeness (QED) is 0.288. The smallest absolute Gasteiger partial charge is 0.190 e. The van der Waals surface area contributed by atoms with Gasteiger partial charge in [0.1, 0.15) is 0 Å². The molecule has 0 aromatic heterocycles. The molecule has 0 spiro atoms. The maximum absolute atomic E-state index is 13.4. The molecule has 154 valence electrons. The van der Waals surface area contributed by atoms with Gasteiger partial charge in [0.25, 0.3) is 0 Å². The lowest BCUT2D eigenvalue weighted by molar-refractivity contribution is -0.110. The summed E-state index contributed by atoms with van der Waals surface area (Å²) in [6.07, 6.45) is 7.50. The van der Waals surface area contributed by atoms with Crippen LogP contribution in [0, 0.1) is 0 Å². The van der Waals surface area contributed by atoms with Crippen LogP contribution in [-0.2, 0) is 11.3 Å². The first kappa shape index (κ1) is 23.5. The number of carbonyl (C=O) groups excluding carboxylic acids is 1. The number of carbonyl (C=O) groups is 1. The van der Waals surface area contributed by atoms with E-state index in [-0.39, 0.29) is 5.78 Å². The third kappa shape index (κ3) is 7.25. The molecule has 0 bridgehead atoms. The first-order valence-corrected chi connectivity index (χ1v) is 10.6. The van der Waals surface area contributed by atoms with Crippen LogP contribution < -0.4 is 0 Å². The fraction of sp³-hybridized carbons (Fsp3) is 0.148. The summed E-state index contributed by atoms with van der Waals surface area (Å²) in [7, 11) is 2.00. The Labute approximate surface area is 188 Å². The van der Waals surface area contributed by atoms with Gasteiger partial charge < -0.3 is 0 Å². The number of benzene rings is 2. The van der Waals surface area contributed by atoms with Gasteiger partial charge in [0.2, 0.25) is 0 Å². The van der Waals surface area contributed by atoms with Crippen molar-refractivity contribution in [1.29, 1.82) is 0 Å². The molecule has 2 rings (SSSR count). The Hall–Kier alpha value is -2.75. The molecule has 0 unspecified atom stereocenters. The highest BCUT2D eigenvalue weighted by Gasteiger charge is 2.17. The lowest BCUT2D eigenvalue weighted by Crippen LogP contribution is -2.23. The molecule has 0 radical (unpaired) electrons. The highest BCUT2D eigenvalue weighted by Crippen LogP contribution is 2.23. The standard InChI is InChI=1S/C27H28BrNO/c1-5-22(17-25(28)6-2)18-26(24-15-11-8-12-16-24)27(30)21(3)19-29(4)20-23-13-9-7-10-14-23/h5-18H,1,3,19-20H2,2,4H3/b22-17+,25-6+,26-18+. The van der Waals surface area contributed by atoms with E-state index in [1.807, 2.05) is 80.7 Å². The molecule has 0 N–H and O–H groups in total. The van der Waals surface area contributed by atoms with Crippen molar-refractivity contribution in [2.75, 3.05) is 13.6 Å². The van der Waals surface area contributed by atoms with Gasteiger partial charge in [0.15, 0.2) is 5.78 Å². The van der Waals surface area contributed by atoms with E-state index in [2.05, 4.69) is 46.1 Å². The minimum absolute atomic E-state index is 0.0644. The number of allylic oxidation sites excluding steroid dienone is 7. The van der Waals surface area contributed by atoms with Crippen LogP contribution in [0.15, 0.2) is 114 Å². The predicted octanol–water partition coefficient (Wildman–Crippen LogP) is 6.74. The minimum Gasteiger partial charge on any atom is -0.298 e. The number of rotatable bonds is 10. The molecule has 3 heteroatoms. The normalized spacial score (nSPS) is 12.7. The van der Waals surface area contributed by atoms with Gasteiger partial charge in [-0.1, -0.05) is 102 Å². The van der Waals surface area contributed by atoms with E-state index in [0.717, 1.165) is 22.2 Å². The third-order valence-electron chi connectivity index (χ3n) is 4.53. The van der Waals surface area contributed by atoms with Crippen molar-refractivity contribution in [2.45, 2.75) is 13.5 Å². The molecule has 2 aromatic rings. The lowest BCUT2D eigenvalue weighted by Gasteiger charge is -2.18. The van der Waals surface area contributed by atoms with E-state index >= 15 is 0 Å². The number of hydrogen-bond acceptors (Lipinski definition) is 2. The van der Waals surface area contributed by atoms with Crippen molar-refractivity contribution >= 4 is 27.3 Å². The van der Waals surface area contributed by atoms with E-state index in [1.165, 1.54) is 5.56 Å². The average molecular weight is 462 g/mol. The maximum Gasteiger partial charge on any atom is 0.190 e. The summed E-state index contributed by atoms with van der Waals surface area (Å²) in [5.74, 6) is -0.0644. The molecule has 2 nitrogen and oxygen atoms in total. The van der Waals surface area contributed by atoms with Crippen molar-refractivity contribution < 1.29 is 4.79 Å². The molecule has 0 heterocycles. The van der Waals surface area contributed by atoms with Crippen molar-refractivity contribution in [3.05, 3.63) is 125 Å². The molecule has 0 amide bonds. The summed E-state index contributed by atoms with van der Waals surface area (Å²) in [5.41, 5.74) is 4.07. The fourth-order valence-corrected chi connectivity index (χ4v) is 3.27. The van der Waals surface area contributed by atoms with E-state index in [9.17, 15) is 4.79 Å². The Bertz CT molecular complexity index is 968. The van der Waals surface area contributed by atoms with Gasteiger partial charge >= 0.3 is 0 Å². The number of hydrogen-bond donors (Lipinski definition) is 0. The molecular formula is C27H28BrNO. The second-order valence-corrected chi connectivity index (χ2v) is 7.95. The predicted molar refractivity (Wildman–Crippen MR) is 132 cm³/mol. The zero-order chi connectivity index (χ0) is 21.9. The largest absolute Gasteiger partial charge is 0.298 e. The van der Waals surface area contributed by atoms with Crippen LogP contribution in [0.4, 0.5) is 0 Å². The SMILES string of the molecule is C=CC(=C\C(Br)=C/C)/C=C(/C(=O)C(=C)CN(C)Cc1ccccc1)c1ccccc1. The molecule has 2 aromatic carbocycles. The first-order valence-electron chi connectivity index (χ1n) is 9.82. The molecule has 0 saturated heterocycles. The summed E-state index contributed by atoms with van der Waals surface area (Å²) in [5, 5.41) is 0. The zero-order valence-corrected chi connectivity index (χ0v) is 19.2. The van der Waals surface area contributed by atoms with Gasteiger partial charge in [-0.05, 0) is 42.8 Å². The van der Waals surface area contributed by atoms with Crippen LogP contribution in [-0.4, -0.2) is 24.3 Å². The van der Waals surface area contributed by atoms with Crippen LogP contribution in [0.2, 0.25) is 0 Å². The molecular weight excluding hydrogens is 434 g/mol. The van der Waals surface area contributed by atoms with Crippen LogP contribution in [0.1, 0.15) is 18.1 Å². The number of nitrogens with zero attached hydrogens (tertiary/aromatic N) is 1. The summed E-state index contributed by atoms with van der Waals surface area (Å²) >= 11 is 3.49. The maximum atomic E-state index is 13.4. The monoisotopic (exact) mass is 461 g/mol. The summed E-state index contributed by atoms with van der Waals surface area (Å²) in [6, 6.07) is 19.9. The second-order valence-electron chi connectivity index (χ2n) is 7.04. The van der Waals surface area contributed by atoms with Gasteiger partial charge in [-0.2, -0.15) is 0 Å². The van der Waals surface area contributed by atoms with Crippen LogP contribution >= 0.6 is 15.9 Å². The Kier molecular flexibility index (Phi) is 9.46. The first-order chi connectivity index (χ1) is 14.4. The number of Topliss-reactive ketones (excluding diaryl/α,β-unsaturated/α-hetero) is 1. The Balaban J connectivity index is 2.28. The highest BCUT2D eigenvalue weighted by atomic mass is 79.9. The Morgan fingerprint density at radius 3 is 2.20 bits per heavy atom. The number of likely N-dealkylation sites (N-methyl/N-ethyl adjacent to an activating group) is 1. The van der Waals surface area contributed by atoms with Crippen LogP contribution in [0.5, 0.6) is 0 Å².